The molecule has 0 aliphatic carbocycles. The van der Waals surface area contributed by atoms with Gasteiger partial charge in [0.25, 0.3) is 11.8 Å². The minimum absolute atomic E-state index is 0.0526. The summed E-state index contributed by atoms with van der Waals surface area (Å²) in [6, 6.07) is 23.3. The van der Waals surface area contributed by atoms with E-state index in [0.29, 0.717) is 46.2 Å². The minimum atomic E-state index is -0.578. The number of benzene rings is 3. The smallest absolute Gasteiger partial charge is 0.341 e. The molecule has 3 aromatic carbocycles. The monoisotopic (exact) mass is 696 g/mol. The van der Waals surface area contributed by atoms with Crippen LogP contribution in [-0.4, -0.2) is 53.4 Å². The van der Waals surface area contributed by atoms with Crippen molar-refractivity contribution in [2.45, 2.75) is 43.9 Å². The molecule has 1 atom stereocenters. The van der Waals surface area contributed by atoms with E-state index in [2.05, 4.69) is 16.0 Å². The van der Waals surface area contributed by atoms with Crippen molar-refractivity contribution in [3.63, 3.8) is 0 Å². The van der Waals surface area contributed by atoms with Gasteiger partial charge in [0.1, 0.15) is 10.7 Å². The first-order chi connectivity index (χ1) is 23.5. The van der Waals surface area contributed by atoms with Crippen LogP contribution in [0.4, 0.5) is 10.7 Å². The fraction of sp³-hybridized carbons (Fsp3) is 0.216. The Balaban J connectivity index is 1.29. The molecule has 0 spiro atoms. The summed E-state index contributed by atoms with van der Waals surface area (Å²) in [6.07, 6.45) is 2.11. The second-order valence-electron chi connectivity index (χ2n) is 11.4. The molecule has 3 N–H and O–H groups in total. The third-order valence-electron chi connectivity index (χ3n) is 7.78. The van der Waals surface area contributed by atoms with Crippen molar-refractivity contribution in [3.8, 4) is 0 Å². The van der Waals surface area contributed by atoms with Crippen LogP contribution in [-0.2, 0) is 32.1 Å². The zero-order chi connectivity index (χ0) is 35.1. The lowest BCUT2D eigenvalue weighted by molar-refractivity contribution is -0.129. The lowest BCUT2D eigenvalue weighted by Gasteiger charge is -2.25. The number of amides is 4. The van der Waals surface area contributed by atoms with E-state index in [0.717, 1.165) is 21.6 Å². The normalized spacial score (nSPS) is 13.1. The van der Waals surface area contributed by atoms with Gasteiger partial charge >= 0.3 is 5.97 Å². The molecule has 252 valence electrons. The van der Waals surface area contributed by atoms with Crippen LogP contribution >= 0.6 is 23.1 Å². The summed E-state index contributed by atoms with van der Waals surface area (Å²) < 4.78 is 5.03. The highest BCUT2D eigenvalue weighted by molar-refractivity contribution is 8.00. The van der Waals surface area contributed by atoms with Gasteiger partial charge in [-0.1, -0.05) is 54.1 Å². The molecule has 10 nitrogen and oxygen atoms in total. The molecule has 0 saturated heterocycles. The molecule has 0 bridgehead atoms. The number of thioether (sulfide) groups is 1. The molecule has 4 aromatic rings. The summed E-state index contributed by atoms with van der Waals surface area (Å²) in [4.78, 5) is 67.9. The minimum Gasteiger partial charge on any atom is -0.465 e. The van der Waals surface area contributed by atoms with Gasteiger partial charge in [0, 0.05) is 34.5 Å². The van der Waals surface area contributed by atoms with Gasteiger partial charge in [0.05, 0.1) is 24.5 Å². The van der Waals surface area contributed by atoms with Crippen molar-refractivity contribution in [1.29, 1.82) is 0 Å². The Morgan fingerprint density at radius 1 is 0.959 bits per heavy atom. The second kappa shape index (κ2) is 15.8. The van der Waals surface area contributed by atoms with Crippen LogP contribution in [0.15, 0.2) is 89.5 Å². The summed E-state index contributed by atoms with van der Waals surface area (Å²) in [5.41, 5.74) is 3.83. The molecule has 49 heavy (non-hydrogen) atoms. The van der Waals surface area contributed by atoms with Gasteiger partial charge in [-0.3, -0.25) is 19.2 Å². The molecule has 0 saturated carbocycles. The largest absolute Gasteiger partial charge is 0.465 e. The van der Waals surface area contributed by atoms with Crippen LogP contribution in [0.5, 0.6) is 0 Å². The number of thiophene rings is 1. The number of methoxy groups -OCH3 is 1. The molecule has 1 aliphatic heterocycles. The molecule has 1 aliphatic rings. The van der Waals surface area contributed by atoms with Crippen LogP contribution in [0.1, 0.15) is 56.1 Å². The highest BCUT2D eigenvalue weighted by Gasteiger charge is 2.31. The third-order valence-corrected chi connectivity index (χ3v) is 10.0. The number of fused-ring (bicyclic) bond motifs is 1. The van der Waals surface area contributed by atoms with E-state index >= 15 is 0 Å². The highest BCUT2D eigenvalue weighted by atomic mass is 32.2. The first-order valence-electron chi connectivity index (χ1n) is 15.5. The number of nitrogens with one attached hydrogen (secondary N) is 3. The fourth-order valence-corrected chi connectivity index (χ4v) is 7.44. The lowest BCUT2D eigenvalue weighted by Crippen LogP contribution is -2.33. The van der Waals surface area contributed by atoms with Gasteiger partial charge in [-0.2, -0.15) is 0 Å². The molecular weight excluding hydrogens is 661 g/mol. The molecule has 12 heteroatoms. The predicted octanol–water partition coefficient (Wildman–Crippen LogP) is 6.28. The molecule has 1 aromatic heterocycles. The average Bonchev–Trinajstić information content (AvgIpc) is 3.45. The Labute approximate surface area is 292 Å². The van der Waals surface area contributed by atoms with E-state index in [4.69, 9.17) is 4.74 Å². The van der Waals surface area contributed by atoms with Gasteiger partial charge in [-0.25, -0.2) is 4.79 Å². The first-order valence-corrected chi connectivity index (χ1v) is 17.2. The van der Waals surface area contributed by atoms with Crippen molar-refractivity contribution in [3.05, 3.63) is 117 Å². The van der Waals surface area contributed by atoms with Crippen LogP contribution in [0.3, 0.4) is 0 Å². The van der Waals surface area contributed by atoms with E-state index in [1.807, 2.05) is 37.3 Å². The molecule has 2 heterocycles. The summed E-state index contributed by atoms with van der Waals surface area (Å²) in [7, 11) is 1.30. The Hall–Kier alpha value is -5.20. The molecule has 1 unspecified atom stereocenters. The zero-order valence-electron chi connectivity index (χ0n) is 27.5. The lowest BCUT2D eigenvalue weighted by atomic mass is 10.0. The maximum Gasteiger partial charge on any atom is 0.341 e. The molecule has 5 rings (SSSR count). The summed E-state index contributed by atoms with van der Waals surface area (Å²) in [5.74, 6) is -1.85. The van der Waals surface area contributed by atoms with Gasteiger partial charge in [-0.15, -0.1) is 23.1 Å². The van der Waals surface area contributed by atoms with Gasteiger partial charge in [-0.05, 0) is 67.8 Å². The van der Waals surface area contributed by atoms with Crippen molar-refractivity contribution in [2.24, 2.45) is 0 Å². The van der Waals surface area contributed by atoms with E-state index in [-0.39, 0.29) is 17.5 Å². The van der Waals surface area contributed by atoms with Crippen LogP contribution < -0.4 is 16.0 Å². The number of carbonyl (C=O) groups is 5. The second-order valence-corrected chi connectivity index (χ2v) is 13.9. The topological polar surface area (TPSA) is 134 Å². The zero-order valence-corrected chi connectivity index (χ0v) is 29.1. The first kappa shape index (κ1) is 35.1. The van der Waals surface area contributed by atoms with Crippen LogP contribution in [0, 0.1) is 6.92 Å². The van der Waals surface area contributed by atoms with E-state index in [9.17, 15) is 24.0 Å². The van der Waals surface area contributed by atoms with Crippen molar-refractivity contribution < 1.29 is 28.7 Å². The summed E-state index contributed by atoms with van der Waals surface area (Å²) in [6.45, 7) is 6.05. The van der Waals surface area contributed by atoms with E-state index < -0.39 is 23.0 Å². The number of carbonyl (C=O) groups excluding carboxylic acids is 5. The maximum atomic E-state index is 13.5. The number of esters is 1. The third kappa shape index (κ3) is 8.84. The Kier molecular flexibility index (Phi) is 11.3. The number of hydrogen-bond acceptors (Lipinski definition) is 8. The highest BCUT2D eigenvalue weighted by Crippen LogP contribution is 2.38. The van der Waals surface area contributed by atoms with Crippen molar-refractivity contribution in [1.82, 2.24) is 10.2 Å². The number of aryl methyl sites for hydroxylation is 1. The molecule has 0 radical (unpaired) electrons. The number of anilines is 2. The molecular formula is C37H36N4O6S2. The van der Waals surface area contributed by atoms with Gasteiger partial charge < -0.3 is 25.6 Å². The Bertz CT molecular complexity index is 1940. The maximum absolute atomic E-state index is 13.5. The average molecular weight is 697 g/mol. The summed E-state index contributed by atoms with van der Waals surface area (Å²) >= 11 is 2.56. The summed E-state index contributed by atoms with van der Waals surface area (Å²) in [5, 5.41) is 8.34. The van der Waals surface area contributed by atoms with E-state index in [1.165, 1.54) is 37.1 Å². The predicted molar refractivity (Wildman–Crippen MR) is 193 cm³/mol. The van der Waals surface area contributed by atoms with Gasteiger partial charge in [0.2, 0.25) is 11.8 Å². The molecule has 0 fully saturated rings. The van der Waals surface area contributed by atoms with Crippen LogP contribution in [0.2, 0.25) is 0 Å². The number of rotatable bonds is 10. The SMILES string of the molecule is COC(=O)c1c(NC(=O)C(C)Sc2cccc(NC(=O)/C(=C\c3cccc(C)c3)NC(=O)c3ccccc3)c2)sc2c1CCN(C(C)=O)C2. The standard InChI is InChI=1S/C37H36N4O6S2/c1-22-10-8-11-25(18-22)19-30(39-34(44)26-12-6-5-7-13-26)35(45)38-27-14-9-15-28(20-27)48-23(2)33(43)40-36-32(37(46)47-4)29-16-17-41(24(3)42)21-31(29)49-36/h5-15,18-20,23H,16-17,21H2,1-4H3,(H,38,45)(H,39,44)(H,40,43)/b30-19+. The van der Waals surface area contributed by atoms with Gasteiger partial charge in [0.15, 0.2) is 0 Å². The number of hydrogen-bond donors (Lipinski definition) is 3. The van der Waals surface area contributed by atoms with Crippen LogP contribution in [0.25, 0.3) is 6.08 Å². The Morgan fingerprint density at radius 3 is 2.43 bits per heavy atom. The van der Waals surface area contributed by atoms with Crippen molar-refractivity contribution in [2.75, 3.05) is 24.3 Å². The number of nitrogens with zero attached hydrogens (tertiary/aromatic N) is 1. The number of ether oxygens (including phenoxy) is 1. The fourth-order valence-electron chi connectivity index (χ4n) is 5.26. The van der Waals surface area contributed by atoms with Crippen molar-refractivity contribution >= 4 is 69.5 Å². The quantitative estimate of drug-likeness (QED) is 0.101. The molecule has 4 amide bonds. The Morgan fingerprint density at radius 2 is 1.71 bits per heavy atom. The van der Waals surface area contributed by atoms with E-state index in [1.54, 1.807) is 66.4 Å².